The second-order valence-corrected chi connectivity index (χ2v) is 5.24. The number of nitrogens with zero attached hydrogens (tertiary/aromatic N) is 2. The minimum atomic E-state index is -0.727. The topological polar surface area (TPSA) is 43.8 Å². The lowest BCUT2D eigenvalue weighted by Gasteiger charge is -2.32. The van der Waals surface area contributed by atoms with Gasteiger partial charge in [-0.3, -0.25) is 9.69 Å². The minimum Gasteiger partial charge on any atom is -0.481 e. The lowest BCUT2D eigenvalue weighted by molar-refractivity contribution is -0.136. The van der Waals surface area contributed by atoms with Crippen LogP contribution >= 0.6 is 0 Å². The second-order valence-electron chi connectivity index (χ2n) is 5.24. The summed E-state index contributed by atoms with van der Waals surface area (Å²) in [4.78, 5) is 15.5. The molecule has 4 nitrogen and oxygen atoms in total. The van der Waals surface area contributed by atoms with E-state index in [2.05, 4.69) is 22.9 Å². The summed E-state index contributed by atoms with van der Waals surface area (Å²) in [6.07, 6.45) is 0.832. The SMILES string of the molecule is CN1CCN(Cc2ccccc2CCC(=O)O)CC1. The Morgan fingerprint density at radius 1 is 1.16 bits per heavy atom. The molecule has 1 N–H and O–H groups in total. The molecule has 0 saturated carbocycles. The highest BCUT2D eigenvalue weighted by atomic mass is 16.4. The second kappa shape index (κ2) is 6.68. The van der Waals surface area contributed by atoms with Crippen LogP contribution < -0.4 is 0 Å². The zero-order chi connectivity index (χ0) is 13.7. The highest BCUT2D eigenvalue weighted by Crippen LogP contribution is 2.15. The van der Waals surface area contributed by atoms with Gasteiger partial charge in [-0.15, -0.1) is 0 Å². The average Bonchev–Trinajstić information content (AvgIpc) is 2.40. The molecule has 0 bridgehead atoms. The predicted octanol–water partition coefficient (Wildman–Crippen LogP) is 1.45. The van der Waals surface area contributed by atoms with Crippen molar-refractivity contribution in [1.29, 1.82) is 0 Å². The van der Waals surface area contributed by atoms with E-state index in [-0.39, 0.29) is 6.42 Å². The largest absolute Gasteiger partial charge is 0.481 e. The smallest absolute Gasteiger partial charge is 0.303 e. The third kappa shape index (κ3) is 4.33. The Morgan fingerprint density at radius 3 is 2.42 bits per heavy atom. The van der Waals surface area contributed by atoms with Gasteiger partial charge in [-0.25, -0.2) is 0 Å². The van der Waals surface area contributed by atoms with E-state index in [1.807, 2.05) is 18.2 Å². The molecule has 1 aliphatic rings. The van der Waals surface area contributed by atoms with E-state index < -0.39 is 5.97 Å². The van der Waals surface area contributed by atoms with E-state index in [1.54, 1.807) is 0 Å². The summed E-state index contributed by atoms with van der Waals surface area (Å²) in [5.74, 6) is -0.727. The molecule has 0 radical (unpaired) electrons. The van der Waals surface area contributed by atoms with Crippen molar-refractivity contribution in [2.24, 2.45) is 0 Å². The van der Waals surface area contributed by atoms with Gasteiger partial charge >= 0.3 is 5.97 Å². The fourth-order valence-electron chi connectivity index (χ4n) is 2.44. The summed E-state index contributed by atoms with van der Waals surface area (Å²) in [6.45, 7) is 5.33. The number of hydrogen-bond acceptors (Lipinski definition) is 3. The van der Waals surface area contributed by atoms with E-state index in [1.165, 1.54) is 11.1 Å². The number of likely N-dealkylation sites (N-methyl/N-ethyl adjacent to an activating group) is 1. The number of hydrogen-bond donors (Lipinski definition) is 1. The molecule has 104 valence electrons. The van der Waals surface area contributed by atoms with Crippen molar-refractivity contribution in [2.75, 3.05) is 33.2 Å². The highest BCUT2D eigenvalue weighted by Gasteiger charge is 2.15. The number of carboxylic acids is 1. The van der Waals surface area contributed by atoms with Crippen molar-refractivity contribution in [1.82, 2.24) is 9.80 Å². The molecule has 0 spiro atoms. The molecule has 1 heterocycles. The molecule has 0 atom stereocenters. The van der Waals surface area contributed by atoms with E-state index in [0.717, 1.165) is 32.7 Å². The van der Waals surface area contributed by atoms with Gasteiger partial charge in [0, 0.05) is 39.1 Å². The first-order valence-electron chi connectivity index (χ1n) is 6.84. The first-order valence-corrected chi connectivity index (χ1v) is 6.84. The van der Waals surface area contributed by atoms with Gasteiger partial charge in [-0.2, -0.15) is 0 Å². The molecule has 1 aromatic rings. The minimum absolute atomic E-state index is 0.208. The van der Waals surface area contributed by atoms with Crippen molar-refractivity contribution in [3.05, 3.63) is 35.4 Å². The number of carbonyl (C=O) groups is 1. The zero-order valence-electron chi connectivity index (χ0n) is 11.5. The van der Waals surface area contributed by atoms with Crippen LogP contribution in [-0.4, -0.2) is 54.1 Å². The van der Waals surface area contributed by atoms with Crippen molar-refractivity contribution >= 4 is 5.97 Å². The Hall–Kier alpha value is -1.39. The molecule has 2 rings (SSSR count). The zero-order valence-corrected chi connectivity index (χ0v) is 11.5. The van der Waals surface area contributed by atoms with Gasteiger partial charge in [-0.1, -0.05) is 24.3 Å². The number of carboxylic acid groups (broad SMARTS) is 1. The van der Waals surface area contributed by atoms with E-state index in [0.29, 0.717) is 6.42 Å². The van der Waals surface area contributed by atoms with Gasteiger partial charge in [0.1, 0.15) is 0 Å². The number of aliphatic carboxylic acids is 1. The van der Waals surface area contributed by atoms with Crippen LogP contribution in [0.5, 0.6) is 0 Å². The summed E-state index contributed by atoms with van der Waals surface area (Å²) in [7, 11) is 2.15. The third-order valence-corrected chi connectivity index (χ3v) is 3.72. The Kier molecular flexibility index (Phi) is 4.93. The van der Waals surface area contributed by atoms with Crippen LogP contribution in [0.15, 0.2) is 24.3 Å². The Morgan fingerprint density at radius 2 is 1.79 bits per heavy atom. The van der Waals surface area contributed by atoms with Crippen LogP contribution in [0.3, 0.4) is 0 Å². The van der Waals surface area contributed by atoms with Crippen LogP contribution in [0.25, 0.3) is 0 Å². The summed E-state index contributed by atoms with van der Waals surface area (Å²) in [6, 6.07) is 8.20. The molecule has 0 aliphatic carbocycles. The molecule has 1 fully saturated rings. The van der Waals surface area contributed by atoms with Gasteiger partial charge in [0.15, 0.2) is 0 Å². The van der Waals surface area contributed by atoms with Gasteiger partial charge < -0.3 is 10.0 Å². The number of piperazine rings is 1. The van der Waals surface area contributed by atoms with Crippen molar-refractivity contribution in [3.63, 3.8) is 0 Å². The maximum absolute atomic E-state index is 10.7. The lowest BCUT2D eigenvalue weighted by Crippen LogP contribution is -2.44. The summed E-state index contributed by atoms with van der Waals surface area (Å²) in [5.41, 5.74) is 2.44. The maximum atomic E-state index is 10.7. The summed E-state index contributed by atoms with van der Waals surface area (Å²) in [5, 5.41) is 8.80. The fraction of sp³-hybridized carbons (Fsp3) is 0.533. The van der Waals surface area contributed by atoms with Crippen LogP contribution in [0.1, 0.15) is 17.5 Å². The Bertz CT molecular complexity index is 426. The number of aryl methyl sites for hydroxylation is 1. The van der Waals surface area contributed by atoms with E-state index >= 15 is 0 Å². The quantitative estimate of drug-likeness (QED) is 0.872. The highest BCUT2D eigenvalue weighted by molar-refractivity contribution is 5.67. The van der Waals surface area contributed by atoms with Crippen molar-refractivity contribution < 1.29 is 9.90 Å². The number of rotatable bonds is 5. The van der Waals surface area contributed by atoms with Crippen molar-refractivity contribution in [3.8, 4) is 0 Å². The van der Waals surface area contributed by atoms with Gasteiger partial charge in [0.2, 0.25) is 0 Å². The van der Waals surface area contributed by atoms with Crippen molar-refractivity contribution in [2.45, 2.75) is 19.4 Å². The summed E-state index contributed by atoms with van der Waals surface area (Å²) >= 11 is 0. The van der Waals surface area contributed by atoms with Gasteiger partial charge in [0.25, 0.3) is 0 Å². The predicted molar refractivity (Wildman–Crippen MR) is 75.2 cm³/mol. The molecule has 0 aromatic heterocycles. The molecular formula is C15H22N2O2. The third-order valence-electron chi connectivity index (χ3n) is 3.72. The summed E-state index contributed by atoms with van der Waals surface area (Å²) < 4.78 is 0. The lowest BCUT2D eigenvalue weighted by atomic mass is 10.0. The molecule has 19 heavy (non-hydrogen) atoms. The van der Waals surface area contributed by atoms with Crippen LogP contribution in [0.4, 0.5) is 0 Å². The van der Waals surface area contributed by atoms with Gasteiger partial charge in [-0.05, 0) is 24.6 Å². The standard InChI is InChI=1S/C15H22N2O2/c1-16-8-10-17(11-9-16)12-14-5-3-2-4-13(14)6-7-15(18)19/h2-5H,6-12H2,1H3,(H,18,19). The Labute approximate surface area is 114 Å². The first kappa shape index (κ1) is 14.0. The molecule has 1 aromatic carbocycles. The molecule has 4 heteroatoms. The maximum Gasteiger partial charge on any atom is 0.303 e. The fourth-order valence-corrected chi connectivity index (χ4v) is 2.44. The Balaban J connectivity index is 1.97. The van der Waals surface area contributed by atoms with E-state index in [4.69, 9.17) is 5.11 Å². The molecule has 1 aliphatic heterocycles. The van der Waals surface area contributed by atoms with Gasteiger partial charge in [0.05, 0.1) is 0 Å². The average molecular weight is 262 g/mol. The molecule has 0 amide bonds. The normalized spacial score (nSPS) is 17.5. The van der Waals surface area contributed by atoms with Crippen LogP contribution in [0, 0.1) is 0 Å². The van der Waals surface area contributed by atoms with Crippen LogP contribution in [0.2, 0.25) is 0 Å². The molecular weight excluding hydrogens is 240 g/mol. The monoisotopic (exact) mass is 262 g/mol. The number of benzene rings is 1. The molecule has 0 unspecified atom stereocenters. The van der Waals surface area contributed by atoms with E-state index in [9.17, 15) is 4.79 Å². The first-order chi connectivity index (χ1) is 9.15. The van der Waals surface area contributed by atoms with Crippen LogP contribution in [-0.2, 0) is 17.8 Å². The molecule has 1 saturated heterocycles.